The van der Waals surface area contributed by atoms with Gasteiger partial charge in [0.15, 0.2) is 0 Å². The number of furan rings is 1. The van der Waals surface area contributed by atoms with Crippen LogP contribution in [0.2, 0.25) is 5.02 Å². The van der Waals surface area contributed by atoms with E-state index in [4.69, 9.17) is 25.5 Å². The molecule has 1 amide bonds. The molecule has 1 aliphatic rings. The van der Waals surface area contributed by atoms with Gasteiger partial charge in [0.2, 0.25) is 0 Å². The Morgan fingerprint density at radius 1 is 1.03 bits per heavy atom. The highest BCUT2D eigenvalue weighted by atomic mass is 35.5. The Morgan fingerprint density at radius 3 is 2.30 bits per heavy atom. The van der Waals surface area contributed by atoms with E-state index in [2.05, 4.69) is 0 Å². The molecule has 1 atom stereocenters. The first kappa shape index (κ1) is 22.5. The summed E-state index contributed by atoms with van der Waals surface area (Å²) < 4.78 is 16.2. The summed E-state index contributed by atoms with van der Waals surface area (Å²) in [6.45, 7) is 1.89. The lowest BCUT2D eigenvalue weighted by atomic mass is 9.99. The fourth-order valence-electron chi connectivity index (χ4n) is 3.82. The van der Waals surface area contributed by atoms with Crippen molar-refractivity contribution in [2.45, 2.75) is 19.5 Å². The smallest absolute Gasteiger partial charge is 0.296 e. The fourth-order valence-corrected chi connectivity index (χ4v) is 4.03. The Morgan fingerprint density at radius 2 is 1.70 bits per heavy atom. The molecule has 1 fully saturated rings. The number of hydrogen-bond acceptors (Lipinski definition) is 6. The first-order chi connectivity index (χ1) is 15.8. The van der Waals surface area contributed by atoms with Crippen molar-refractivity contribution in [1.82, 2.24) is 4.90 Å². The number of methoxy groups -OCH3 is 2. The standard InChI is InChI=1S/C25H22ClNO6/c1-14-4-11-20(33-14)22-21(23(28)18-12-17(32-3)9-10-19(18)26)24(29)25(30)27(22)13-15-5-7-16(31-2)8-6-15/h4-12,22,28H,13H2,1-3H3/b23-21+. The van der Waals surface area contributed by atoms with Crippen molar-refractivity contribution in [1.29, 1.82) is 0 Å². The quantitative estimate of drug-likeness (QED) is 0.316. The fraction of sp³-hybridized carbons (Fsp3) is 0.200. The SMILES string of the molecule is COc1ccc(CN2C(=O)C(=O)/C(=C(/O)c3cc(OC)ccc3Cl)C2c2ccc(C)o2)cc1. The van der Waals surface area contributed by atoms with Crippen LogP contribution in [0.4, 0.5) is 0 Å². The van der Waals surface area contributed by atoms with Crippen LogP contribution in [-0.2, 0) is 16.1 Å². The van der Waals surface area contributed by atoms with Crippen molar-refractivity contribution in [3.05, 3.63) is 87.8 Å². The molecule has 7 nitrogen and oxygen atoms in total. The van der Waals surface area contributed by atoms with E-state index < -0.39 is 23.5 Å². The Kier molecular flexibility index (Phi) is 6.16. The maximum atomic E-state index is 13.1. The number of benzene rings is 2. The van der Waals surface area contributed by atoms with Crippen LogP contribution in [0.15, 0.2) is 64.6 Å². The highest BCUT2D eigenvalue weighted by Gasteiger charge is 2.47. The summed E-state index contributed by atoms with van der Waals surface area (Å²) in [5.74, 6) is 0.128. The zero-order chi connectivity index (χ0) is 23.7. The molecular formula is C25H22ClNO6. The first-order valence-electron chi connectivity index (χ1n) is 10.2. The summed E-state index contributed by atoms with van der Waals surface area (Å²) in [6, 6.07) is 14.4. The van der Waals surface area contributed by atoms with Gasteiger partial charge >= 0.3 is 0 Å². The van der Waals surface area contributed by atoms with Crippen LogP contribution in [0.5, 0.6) is 11.5 Å². The second kappa shape index (κ2) is 9.03. The number of aliphatic hydroxyl groups excluding tert-OH is 1. The number of Topliss-reactive ketones (excluding diaryl/α,β-unsaturated/α-hetero) is 1. The molecule has 1 aromatic heterocycles. The Hall–Kier alpha value is -3.71. The van der Waals surface area contributed by atoms with Crippen LogP contribution in [0.25, 0.3) is 5.76 Å². The van der Waals surface area contributed by atoms with Crippen molar-refractivity contribution in [2.75, 3.05) is 14.2 Å². The summed E-state index contributed by atoms with van der Waals surface area (Å²) in [7, 11) is 3.04. The van der Waals surface area contributed by atoms with Crippen LogP contribution in [0.3, 0.4) is 0 Å². The third kappa shape index (κ3) is 4.19. The Balaban J connectivity index is 1.84. The van der Waals surface area contributed by atoms with E-state index in [1.807, 2.05) is 12.1 Å². The molecule has 1 N–H and O–H groups in total. The molecular weight excluding hydrogens is 446 g/mol. The van der Waals surface area contributed by atoms with Crippen LogP contribution in [0, 0.1) is 6.92 Å². The minimum Gasteiger partial charge on any atom is -0.507 e. The monoisotopic (exact) mass is 467 g/mol. The van der Waals surface area contributed by atoms with Gasteiger partial charge in [0.05, 0.1) is 24.8 Å². The number of aliphatic hydroxyl groups is 1. The second-order valence-electron chi connectivity index (χ2n) is 7.57. The number of rotatable bonds is 6. The number of carbonyl (C=O) groups excluding carboxylic acids is 2. The molecule has 3 aromatic rings. The van der Waals surface area contributed by atoms with Gasteiger partial charge in [-0.15, -0.1) is 0 Å². The van der Waals surface area contributed by atoms with E-state index in [-0.39, 0.29) is 22.7 Å². The zero-order valence-corrected chi connectivity index (χ0v) is 19.1. The van der Waals surface area contributed by atoms with Crippen LogP contribution < -0.4 is 9.47 Å². The van der Waals surface area contributed by atoms with Gasteiger partial charge in [0.1, 0.15) is 34.8 Å². The van der Waals surface area contributed by atoms with Gasteiger partial charge in [0.25, 0.3) is 11.7 Å². The van der Waals surface area contributed by atoms with Crippen LogP contribution in [-0.4, -0.2) is 35.9 Å². The molecule has 4 rings (SSSR count). The first-order valence-corrected chi connectivity index (χ1v) is 10.5. The van der Waals surface area contributed by atoms with E-state index in [0.29, 0.717) is 23.0 Å². The van der Waals surface area contributed by atoms with Gasteiger partial charge in [-0.3, -0.25) is 9.59 Å². The number of nitrogens with zero attached hydrogens (tertiary/aromatic N) is 1. The summed E-state index contributed by atoms with van der Waals surface area (Å²) in [4.78, 5) is 27.6. The van der Waals surface area contributed by atoms with Crippen molar-refractivity contribution in [2.24, 2.45) is 0 Å². The summed E-state index contributed by atoms with van der Waals surface area (Å²) in [6.07, 6.45) is 0. The largest absolute Gasteiger partial charge is 0.507 e. The molecule has 33 heavy (non-hydrogen) atoms. The number of likely N-dealkylation sites (tertiary alicyclic amines) is 1. The minimum atomic E-state index is -0.928. The lowest BCUT2D eigenvalue weighted by Gasteiger charge is -2.23. The minimum absolute atomic E-state index is 0.0991. The van der Waals surface area contributed by atoms with E-state index in [1.165, 1.54) is 18.1 Å². The van der Waals surface area contributed by atoms with Gasteiger partial charge in [-0.25, -0.2) is 0 Å². The number of ether oxygens (including phenoxy) is 2. The summed E-state index contributed by atoms with van der Waals surface area (Å²) in [5.41, 5.74) is 0.870. The Bertz CT molecular complexity index is 1240. The number of carbonyl (C=O) groups is 2. The third-order valence-electron chi connectivity index (χ3n) is 5.51. The average Bonchev–Trinajstić information content (AvgIpc) is 3.35. The van der Waals surface area contributed by atoms with E-state index in [0.717, 1.165) is 5.56 Å². The van der Waals surface area contributed by atoms with E-state index in [9.17, 15) is 14.7 Å². The molecule has 170 valence electrons. The third-order valence-corrected chi connectivity index (χ3v) is 5.84. The zero-order valence-electron chi connectivity index (χ0n) is 18.3. The lowest BCUT2D eigenvalue weighted by molar-refractivity contribution is -0.140. The maximum absolute atomic E-state index is 13.1. The van der Waals surface area contributed by atoms with Crippen LogP contribution in [0.1, 0.15) is 28.7 Å². The summed E-state index contributed by atoms with van der Waals surface area (Å²) in [5, 5.41) is 11.4. The van der Waals surface area contributed by atoms with Crippen LogP contribution >= 0.6 is 11.6 Å². The highest BCUT2D eigenvalue weighted by Crippen LogP contribution is 2.42. The molecule has 0 bridgehead atoms. The topological polar surface area (TPSA) is 89.2 Å². The normalized spacial score (nSPS) is 17.5. The van der Waals surface area contributed by atoms with E-state index in [1.54, 1.807) is 50.4 Å². The molecule has 2 heterocycles. The van der Waals surface area contributed by atoms with Gasteiger partial charge in [-0.2, -0.15) is 0 Å². The maximum Gasteiger partial charge on any atom is 0.296 e. The number of amides is 1. The molecule has 0 saturated carbocycles. The summed E-state index contributed by atoms with van der Waals surface area (Å²) >= 11 is 6.31. The molecule has 8 heteroatoms. The predicted octanol–water partition coefficient (Wildman–Crippen LogP) is 4.88. The van der Waals surface area contributed by atoms with Crippen molar-refractivity contribution < 1.29 is 28.6 Å². The van der Waals surface area contributed by atoms with Crippen molar-refractivity contribution in [3.63, 3.8) is 0 Å². The van der Waals surface area contributed by atoms with E-state index >= 15 is 0 Å². The number of hydrogen-bond donors (Lipinski definition) is 1. The highest BCUT2D eigenvalue weighted by molar-refractivity contribution is 6.46. The molecule has 0 spiro atoms. The molecule has 0 aliphatic carbocycles. The van der Waals surface area contributed by atoms with Crippen molar-refractivity contribution in [3.8, 4) is 11.5 Å². The van der Waals surface area contributed by atoms with Gasteiger partial charge in [0, 0.05) is 12.1 Å². The van der Waals surface area contributed by atoms with Gasteiger partial charge in [-0.1, -0.05) is 23.7 Å². The lowest BCUT2D eigenvalue weighted by Crippen LogP contribution is -2.29. The number of ketones is 1. The molecule has 1 unspecified atom stereocenters. The van der Waals surface area contributed by atoms with Gasteiger partial charge in [-0.05, 0) is 55.0 Å². The molecule has 2 aromatic carbocycles. The second-order valence-corrected chi connectivity index (χ2v) is 7.98. The molecule has 1 aliphatic heterocycles. The Labute approximate surface area is 195 Å². The molecule has 1 saturated heterocycles. The predicted molar refractivity (Wildman–Crippen MR) is 122 cm³/mol. The number of aryl methyl sites for hydroxylation is 1. The van der Waals surface area contributed by atoms with Crippen molar-refractivity contribution >= 4 is 29.1 Å². The average molecular weight is 468 g/mol. The molecule has 0 radical (unpaired) electrons. The van der Waals surface area contributed by atoms with Gasteiger partial charge < -0.3 is 23.9 Å². The number of halogens is 1.